The van der Waals surface area contributed by atoms with E-state index in [1.54, 1.807) is 7.11 Å². The van der Waals surface area contributed by atoms with Gasteiger partial charge in [-0.05, 0) is 31.0 Å². The Labute approximate surface area is 304 Å². The Balaban J connectivity index is 1.11. The molecule has 3 aromatic heterocycles. The number of pyridine rings is 2. The second kappa shape index (κ2) is 15.0. The van der Waals surface area contributed by atoms with Crippen LogP contribution in [0.4, 0.5) is 0 Å². The molecule has 2 aliphatic heterocycles. The lowest BCUT2D eigenvalue weighted by Gasteiger charge is -2.15. The summed E-state index contributed by atoms with van der Waals surface area (Å²) in [7, 11) is 1.60. The zero-order chi connectivity index (χ0) is 34.8. The van der Waals surface area contributed by atoms with Gasteiger partial charge < -0.3 is 31.0 Å². The van der Waals surface area contributed by atoms with E-state index in [2.05, 4.69) is 26.3 Å². The highest BCUT2D eigenvalue weighted by Gasteiger charge is 2.22. The number of hydrogen-bond acceptors (Lipinski definition) is 7. The van der Waals surface area contributed by atoms with E-state index in [0.29, 0.717) is 76.9 Å². The number of benzene rings is 2. The number of carbonyl (C=O) groups is 2. The SMILES string of the molecule is COc1nc(-c2cccc(-c3cccc(-c4ccc5[nH]c(CNC[C@@H]6CCC(=O)N6)c(Cl)c5n4)c3Cl)c2Cl)ccc1CNC[C@H]1CCC(=O)N1. The summed E-state index contributed by atoms with van der Waals surface area (Å²) in [6.45, 7) is 2.40. The van der Waals surface area contributed by atoms with Crippen LogP contribution in [-0.2, 0) is 22.7 Å². The van der Waals surface area contributed by atoms with Crippen LogP contribution < -0.4 is 26.0 Å². The van der Waals surface area contributed by atoms with Gasteiger partial charge >= 0.3 is 0 Å². The number of methoxy groups -OCH3 is 1. The van der Waals surface area contributed by atoms with E-state index < -0.39 is 0 Å². The third-order valence-electron chi connectivity index (χ3n) is 9.19. The smallest absolute Gasteiger partial charge is 0.220 e. The summed E-state index contributed by atoms with van der Waals surface area (Å²) in [6.07, 6.45) is 2.80. The van der Waals surface area contributed by atoms with Gasteiger partial charge in [-0.1, -0.05) is 77.3 Å². The molecule has 7 rings (SSSR count). The number of hydrogen-bond donors (Lipinski definition) is 5. The van der Waals surface area contributed by atoms with Crippen molar-refractivity contribution in [1.29, 1.82) is 0 Å². The number of H-pyrrole nitrogens is 1. The average molecular weight is 733 g/mol. The third kappa shape index (κ3) is 7.17. The molecule has 0 spiro atoms. The number of halogens is 3. The van der Waals surface area contributed by atoms with E-state index in [-0.39, 0.29) is 23.9 Å². The van der Waals surface area contributed by atoms with Gasteiger partial charge in [0, 0.05) is 78.9 Å². The van der Waals surface area contributed by atoms with E-state index in [0.717, 1.165) is 51.9 Å². The Morgan fingerprint density at radius 2 is 1.28 bits per heavy atom. The first-order chi connectivity index (χ1) is 24.3. The van der Waals surface area contributed by atoms with Gasteiger partial charge in [-0.25, -0.2) is 9.97 Å². The minimum atomic E-state index is 0.0935. The highest BCUT2D eigenvalue weighted by atomic mass is 35.5. The number of nitrogens with one attached hydrogen (secondary N) is 5. The summed E-state index contributed by atoms with van der Waals surface area (Å²) in [5, 5.41) is 14.3. The van der Waals surface area contributed by atoms with Crippen molar-refractivity contribution in [3.05, 3.63) is 87.0 Å². The fraction of sp³-hybridized carbons (Fsp3) is 0.297. The van der Waals surface area contributed by atoms with Gasteiger partial charge in [-0.2, -0.15) is 0 Å². The molecule has 13 heteroatoms. The van der Waals surface area contributed by atoms with Crippen molar-refractivity contribution in [3.8, 4) is 39.5 Å². The Bertz CT molecular complexity index is 2090. The van der Waals surface area contributed by atoms with E-state index in [9.17, 15) is 9.59 Å². The molecule has 2 aliphatic rings. The van der Waals surface area contributed by atoms with Crippen molar-refractivity contribution in [2.24, 2.45) is 0 Å². The zero-order valence-electron chi connectivity index (χ0n) is 27.3. The number of rotatable bonds is 12. The summed E-state index contributed by atoms with van der Waals surface area (Å²) in [4.78, 5) is 36.1. The maximum absolute atomic E-state index is 11.5. The molecule has 2 atom stereocenters. The van der Waals surface area contributed by atoms with Crippen molar-refractivity contribution in [2.75, 3.05) is 20.2 Å². The number of aromatic amines is 1. The molecule has 5 heterocycles. The Kier molecular flexibility index (Phi) is 10.3. The number of ether oxygens (including phenoxy) is 1. The van der Waals surface area contributed by atoms with E-state index in [4.69, 9.17) is 49.5 Å². The quantitative estimate of drug-likeness (QED) is 0.0969. The second-order valence-corrected chi connectivity index (χ2v) is 13.7. The molecule has 2 fully saturated rings. The molecular formula is C37H36Cl3N7O3. The first-order valence-electron chi connectivity index (χ1n) is 16.6. The van der Waals surface area contributed by atoms with Crippen LogP contribution in [-0.4, -0.2) is 59.0 Å². The molecule has 0 unspecified atom stereocenters. The standard InChI is InChI=1S/C37H36Cl3N7O3/c1-50-37-20(16-41-17-21-9-14-31(48)43-21)8-11-28(47-37)26-7-3-5-24(34(26)39)23-4-2-6-25(33(23)38)27-12-13-29-36(46-27)35(40)30(45-29)19-42-18-22-10-15-32(49)44-22/h2-8,11-13,21-22,41-42,45H,9-10,14-19H2,1H3,(H,43,48)(H,44,49)/t21-,22+/m1/s1. The van der Waals surface area contributed by atoms with E-state index in [1.165, 1.54) is 0 Å². The molecule has 5 N–H and O–H groups in total. The van der Waals surface area contributed by atoms with Gasteiger partial charge in [0.25, 0.3) is 0 Å². The number of amides is 2. The normalized spacial score (nSPS) is 17.4. The summed E-state index contributed by atoms with van der Waals surface area (Å²) in [6, 6.07) is 19.6. The highest BCUT2D eigenvalue weighted by Crippen LogP contribution is 2.42. The minimum absolute atomic E-state index is 0.0935. The molecule has 0 saturated carbocycles. The van der Waals surface area contributed by atoms with Crippen molar-refractivity contribution in [3.63, 3.8) is 0 Å². The lowest BCUT2D eigenvalue weighted by atomic mass is 9.98. The summed E-state index contributed by atoms with van der Waals surface area (Å²) < 4.78 is 5.65. The fourth-order valence-corrected chi connectivity index (χ4v) is 7.49. The Hall–Kier alpha value is -4.19. The number of aromatic nitrogens is 3. The van der Waals surface area contributed by atoms with Gasteiger partial charge in [0.1, 0.15) is 5.52 Å². The van der Waals surface area contributed by atoms with Crippen LogP contribution >= 0.6 is 34.8 Å². The lowest BCUT2D eigenvalue weighted by molar-refractivity contribution is -0.120. The van der Waals surface area contributed by atoms with Crippen molar-refractivity contribution in [2.45, 2.75) is 50.9 Å². The van der Waals surface area contributed by atoms with Gasteiger partial charge in [-0.15, -0.1) is 0 Å². The van der Waals surface area contributed by atoms with Gasteiger partial charge in [-0.3, -0.25) is 9.59 Å². The molecule has 5 aromatic rings. The van der Waals surface area contributed by atoms with E-state index >= 15 is 0 Å². The van der Waals surface area contributed by atoms with Crippen LogP contribution in [0.3, 0.4) is 0 Å². The van der Waals surface area contributed by atoms with Crippen LogP contribution in [0.1, 0.15) is 36.9 Å². The number of fused-ring (bicyclic) bond motifs is 1. The minimum Gasteiger partial charge on any atom is -0.481 e. The molecule has 10 nitrogen and oxygen atoms in total. The average Bonchev–Trinajstić information content (AvgIpc) is 3.83. The Morgan fingerprint density at radius 3 is 1.86 bits per heavy atom. The first-order valence-corrected chi connectivity index (χ1v) is 17.7. The predicted octanol–water partition coefficient (Wildman–Crippen LogP) is 6.66. The molecule has 50 heavy (non-hydrogen) atoms. The molecule has 258 valence electrons. The van der Waals surface area contributed by atoms with Crippen molar-refractivity contribution in [1.82, 2.24) is 36.2 Å². The van der Waals surface area contributed by atoms with Crippen molar-refractivity contribution >= 4 is 57.7 Å². The molecule has 0 bridgehead atoms. The van der Waals surface area contributed by atoms with Crippen LogP contribution in [0, 0.1) is 0 Å². The van der Waals surface area contributed by atoms with Crippen LogP contribution in [0.15, 0.2) is 60.7 Å². The largest absolute Gasteiger partial charge is 0.481 e. The van der Waals surface area contributed by atoms with Gasteiger partial charge in [0.2, 0.25) is 17.7 Å². The fourth-order valence-electron chi connectivity index (χ4n) is 6.58. The highest BCUT2D eigenvalue weighted by molar-refractivity contribution is 6.39. The third-order valence-corrected chi connectivity index (χ3v) is 10.4. The maximum atomic E-state index is 11.5. The second-order valence-electron chi connectivity index (χ2n) is 12.6. The summed E-state index contributed by atoms with van der Waals surface area (Å²) in [5.74, 6) is 0.688. The monoisotopic (exact) mass is 731 g/mol. The van der Waals surface area contributed by atoms with Crippen LogP contribution in [0.2, 0.25) is 15.1 Å². The van der Waals surface area contributed by atoms with Crippen LogP contribution in [0.5, 0.6) is 5.88 Å². The lowest BCUT2D eigenvalue weighted by Crippen LogP contribution is -2.35. The molecule has 0 aliphatic carbocycles. The first kappa shape index (κ1) is 34.3. The molecular weight excluding hydrogens is 697 g/mol. The molecule has 2 amide bonds. The predicted molar refractivity (Wildman–Crippen MR) is 198 cm³/mol. The molecule has 0 radical (unpaired) electrons. The van der Waals surface area contributed by atoms with Crippen molar-refractivity contribution < 1.29 is 14.3 Å². The topological polar surface area (TPSA) is 133 Å². The van der Waals surface area contributed by atoms with Crippen LogP contribution in [0.25, 0.3) is 44.7 Å². The number of nitrogens with zero attached hydrogens (tertiary/aromatic N) is 2. The zero-order valence-corrected chi connectivity index (χ0v) is 29.6. The maximum Gasteiger partial charge on any atom is 0.220 e. The van der Waals surface area contributed by atoms with E-state index in [1.807, 2.05) is 60.7 Å². The summed E-state index contributed by atoms with van der Waals surface area (Å²) in [5.41, 5.74) is 7.55. The number of carbonyl (C=O) groups excluding carboxylic acids is 2. The Morgan fingerprint density at radius 1 is 0.720 bits per heavy atom. The molecule has 2 saturated heterocycles. The van der Waals surface area contributed by atoms with Gasteiger partial charge in [0.15, 0.2) is 0 Å². The molecule has 2 aromatic carbocycles. The summed E-state index contributed by atoms with van der Waals surface area (Å²) >= 11 is 21.0. The van der Waals surface area contributed by atoms with Gasteiger partial charge in [0.05, 0.1) is 44.8 Å².